The van der Waals surface area contributed by atoms with E-state index in [1.165, 1.54) is 6.92 Å². The topological polar surface area (TPSA) is 63.4 Å². The minimum absolute atomic E-state index is 0.0259. The summed E-state index contributed by atoms with van der Waals surface area (Å²) in [5.74, 6) is 0. The molecule has 4 nitrogen and oxygen atoms in total. The van der Waals surface area contributed by atoms with Gasteiger partial charge in [-0.3, -0.25) is 10.1 Å². The minimum atomic E-state index is -4.81. The maximum Gasteiger partial charge on any atom is 0.423 e. The molecule has 1 aromatic carbocycles. The van der Waals surface area contributed by atoms with Crippen molar-refractivity contribution >= 4 is 5.69 Å². The first-order valence-corrected chi connectivity index (χ1v) is 4.23. The number of hydrogen-bond donors (Lipinski definition) is 1. The molecular formula is C9H8F3NO3. The van der Waals surface area contributed by atoms with Crippen LogP contribution in [-0.2, 0) is 12.8 Å². The summed E-state index contributed by atoms with van der Waals surface area (Å²) < 4.78 is 37.4. The summed E-state index contributed by atoms with van der Waals surface area (Å²) in [4.78, 5) is 9.38. The number of hydrogen-bond acceptors (Lipinski definition) is 3. The summed E-state index contributed by atoms with van der Waals surface area (Å²) >= 11 is 0. The zero-order chi connectivity index (χ0) is 12.5. The maximum absolute atomic E-state index is 12.5. The molecule has 0 aliphatic rings. The van der Waals surface area contributed by atoms with Crippen molar-refractivity contribution < 1.29 is 23.2 Å². The van der Waals surface area contributed by atoms with Crippen LogP contribution in [0.1, 0.15) is 16.7 Å². The van der Waals surface area contributed by atoms with Crippen molar-refractivity contribution in [2.45, 2.75) is 19.7 Å². The third-order valence-corrected chi connectivity index (χ3v) is 2.13. The first-order chi connectivity index (χ1) is 7.27. The number of benzene rings is 1. The Morgan fingerprint density at radius 2 is 2.00 bits per heavy atom. The molecule has 0 amide bonds. The third-order valence-electron chi connectivity index (χ3n) is 2.13. The lowest BCUT2D eigenvalue weighted by Gasteiger charge is -2.10. The number of aliphatic hydroxyl groups is 1. The Kier molecular flexibility index (Phi) is 3.18. The summed E-state index contributed by atoms with van der Waals surface area (Å²) in [7, 11) is 0. The van der Waals surface area contributed by atoms with Crippen molar-refractivity contribution in [2.75, 3.05) is 0 Å². The number of aryl methyl sites for hydroxylation is 1. The van der Waals surface area contributed by atoms with Gasteiger partial charge in [0.15, 0.2) is 0 Å². The highest BCUT2D eigenvalue weighted by Gasteiger charge is 2.38. The molecule has 0 saturated carbocycles. The van der Waals surface area contributed by atoms with Gasteiger partial charge in [-0.2, -0.15) is 13.2 Å². The van der Waals surface area contributed by atoms with Gasteiger partial charge in [0.05, 0.1) is 11.5 Å². The summed E-state index contributed by atoms with van der Waals surface area (Å²) in [5, 5.41) is 19.3. The molecule has 1 rings (SSSR count). The van der Waals surface area contributed by atoms with Crippen molar-refractivity contribution in [1.29, 1.82) is 0 Å². The molecule has 7 heteroatoms. The molecule has 0 heterocycles. The van der Waals surface area contributed by atoms with Crippen LogP contribution in [0.15, 0.2) is 12.1 Å². The average Bonchev–Trinajstić information content (AvgIpc) is 2.15. The van der Waals surface area contributed by atoms with Gasteiger partial charge in [-0.25, -0.2) is 0 Å². The van der Waals surface area contributed by atoms with E-state index in [9.17, 15) is 23.3 Å². The number of alkyl halides is 3. The highest BCUT2D eigenvalue weighted by atomic mass is 19.4. The monoisotopic (exact) mass is 235 g/mol. The normalized spacial score (nSPS) is 11.6. The van der Waals surface area contributed by atoms with Gasteiger partial charge in [0.2, 0.25) is 0 Å². The molecule has 0 unspecified atom stereocenters. The Hall–Kier alpha value is -1.63. The fourth-order valence-electron chi connectivity index (χ4n) is 1.29. The van der Waals surface area contributed by atoms with Crippen LogP contribution >= 0.6 is 0 Å². The van der Waals surface area contributed by atoms with Gasteiger partial charge in [0, 0.05) is 6.07 Å². The Morgan fingerprint density at radius 1 is 1.44 bits per heavy atom. The molecule has 0 radical (unpaired) electrons. The Labute approximate surface area is 88.5 Å². The lowest BCUT2D eigenvalue weighted by molar-refractivity contribution is -0.388. The number of nitro groups is 1. The van der Waals surface area contributed by atoms with Crippen LogP contribution in [0.5, 0.6) is 0 Å². The fourth-order valence-corrected chi connectivity index (χ4v) is 1.29. The minimum Gasteiger partial charge on any atom is -0.392 e. The molecule has 1 aromatic rings. The number of nitro benzene ring substituents is 1. The van der Waals surface area contributed by atoms with Gasteiger partial charge in [-0.1, -0.05) is 0 Å². The smallest absolute Gasteiger partial charge is 0.392 e. The molecule has 0 atom stereocenters. The number of nitrogens with zero attached hydrogens (tertiary/aromatic N) is 1. The summed E-state index contributed by atoms with van der Waals surface area (Å²) in [6, 6.07) is 1.42. The van der Waals surface area contributed by atoms with Crippen LogP contribution in [0.25, 0.3) is 0 Å². The van der Waals surface area contributed by atoms with Gasteiger partial charge < -0.3 is 5.11 Å². The molecule has 0 aliphatic carbocycles. The van der Waals surface area contributed by atoms with E-state index in [1.807, 2.05) is 0 Å². The zero-order valence-corrected chi connectivity index (χ0v) is 8.21. The van der Waals surface area contributed by atoms with Crippen LogP contribution in [0.4, 0.5) is 18.9 Å². The molecule has 88 valence electrons. The van der Waals surface area contributed by atoms with Gasteiger partial charge in [0.25, 0.3) is 5.69 Å². The standard InChI is InChI=1S/C9H8F3NO3/c1-5-2-8(13(15)16)7(9(10,11)12)3-6(5)4-14/h2-3,14H,4H2,1H3. The highest BCUT2D eigenvalue weighted by molar-refractivity contribution is 5.48. The molecule has 0 aliphatic heterocycles. The van der Waals surface area contributed by atoms with Crippen LogP contribution in [-0.4, -0.2) is 10.0 Å². The average molecular weight is 235 g/mol. The summed E-state index contributed by atoms with van der Waals surface area (Å²) in [6.07, 6.45) is -4.81. The molecule has 16 heavy (non-hydrogen) atoms. The SMILES string of the molecule is Cc1cc([N+](=O)[O-])c(C(F)(F)F)cc1CO. The van der Waals surface area contributed by atoms with E-state index in [0.717, 1.165) is 6.07 Å². The first kappa shape index (κ1) is 12.4. The van der Waals surface area contributed by atoms with Crippen LogP contribution in [0.3, 0.4) is 0 Å². The summed E-state index contributed by atoms with van der Waals surface area (Å²) in [6.45, 7) is 0.811. The van der Waals surface area contributed by atoms with E-state index < -0.39 is 29.0 Å². The number of rotatable bonds is 2. The van der Waals surface area contributed by atoms with Crippen molar-refractivity contribution in [3.8, 4) is 0 Å². The quantitative estimate of drug-likeness (QED) is 0.632. The van der Waals surface area contributed by atoms with E-state index >= 15 is 0 Å². The zero-order valence-electron chi connectivity index (χ0n) is 8.21. The van der Waals surface area contributed by atoms with Gasteiger partial charge in [-0.05, 0) is 24.1 Å². The third kappa shape index (κ3) is 2.30. The number of halogens is 3. The van der Waals surface area contributed by atoms with Crippen LogP contribution < -0.4 is 0 Å². The maximum atomic E-state index is 12.5. The second kappa shape index (κ2) is 4.09. The van der Waals surface area contributed by atoms with Gasteiger partial charge in [0.1, 0.15) is 5.56 Å². The van der Waals surface area contributed by atoms with Gasteiger partial charge >= 0.3 is 6.18 Å². The molecule has 1 N–H and O–H groups in total. The fraction of sp³-hybridized carbons (Fsp3) is 0.333. The first-order valence-electron chi connectivity index (χ1n) is 4.23. The Bertz CT molecular complexity index is 429. The van der Waals surface area contributed by atoms with Crippen molar-refractivity contribution in [2.24, 2.45) is 0 Å². The van der Waals surface area contributed by atoms with E-state index in [1.54, 1.807) is 0 Å². The van der Waals surface area contributed by atoms with E-state index in [4.69, 9.17) is 5.11 Å². The predicted molar refractivity (Wildman–Crippen MR) is 48.8 cm³/mol. The highest BCUT2D eigenvalue weighted by Crippen LogP contribution is 2.37. The van der Waals surface area contributed by atoms with E-state index in [0.29, 0.717) is 6.07 Å². The largest absolute Gasteiger partial charge is 0.423 e. The Morgan fingerprint density at radius 3 is 2.38 bits per heavy atom. The molecule has 0 aromatic heterocycles. The number of aliphatic hydroxyl groups excluding tert-OH is 1. The van der Waals surface area contributed by atoms with E-state index in [2.05, 4.69) is 0 Å². The predicted octanol–water partition coefficient (Wildman–Crippen LogP) is 2.41. The van der Waals surface area contributed by atoms with Gasteiger partial charge in [-0.15, -0.1) is 0 Å². The molecular weight excluding hydrogens is 227 g/mol. The van der Waals surface area contributed by atoms with Crippen molar-refractivity contribution in [1.82, 2.24) is 0 Å². The molecule has 0 saturated heterocycles. The lowest BCUT2D eigenvalue weighted by Crippen LogP contribution is -2.10. The van der Waals surface area contributed by atoms with Crippen molar-refractivity contribution in [3.05, 3.63) is 38.9 Å². The van der Waals surface area contributed by atoms with E-state index in [-0.39, 0.29) is 11.1 Å². The molecule has 0 fully saturated rings. The van der Waals surface area contributed by atoms with Crippen molar-refractivity contribution in [3.63, 3.8) is 0 Å². The lowest BCUT2D eigenvalue weighted by atomic mass is 10.0. The summed E-state index contributed by atoms with van der Waals surface area (Å²) in [5.41, 5.74) is -2.06. The van der Waals surface area contributed by atoms with Crippen LogP contribution in [0.2, 0.25) is 0 Å². The second-order valence-electron chi connectivity index (χ2n) is 3.21. The second-order valence-corrected chi connectivity index (χ2v) is 3.21. The Balaban J connectivity index is 3.49. The molecule has 0 spiro atoms. The van der Waals surface area contributed by atoms with Crippen LogP contribution in [0, 0.1) is 17.0 Å². The molecule has 0 bridgehead atoms.